The SMILES string of the molecule is CC[Si](/C=C1\C=CCCC1)(CC)CC. The van der Waals surface area contributed by atoms with Crippen LogP contribution in [0.4, 0.5) is 0 Å². The van der Waals surface area contributed by atoms with Gasteiger partial charge in [0, 0.05) is 0 Å². The predicted octanol–water partition coefficient (Wildman–Crippen LogP) is 4.70. The third-order valence-corrected chi connectivity index (χ3v) is 8.98. The van der Waals surface area contributed by atoms with Gasteiger partial charge in [-0.1, -0.05) is 62.3 Å². The van der Waals surface area contributed by atoms with Crippen LogP contribution in [0.5, 0.6) is 0 Å². The molecule has 0 N–H and O–H groups in total. The van der Waals surface area contributed by atoms with Gasteiger partial charge in [0.2, 0.25) is 0 Å². The fraction of sp³-hybridized carbons (Fsp3) is 0.692. The van der Waals surface area contributed by atoms with Crippen molar-refractivity contribution in [1.82, 2.24) is 0 Å². The molecule has 0 aliphatic heterocycles. The number of hydrogen-bond donors (Lipinski definition) is 0. The molecule has 1 rings (SSSR count). The van der Waals surface area contributed by atoms with E-state index in [4.69, 9.17) is 0 Å². The predicted molar refractivity (Wildman–Crippen MR) is 68.3 cm³/mol. The summed E-state index contributed by atoms with van der Waals surface area (Å²) in [7, 11) is -1.02. The standard InChI is InChI=1S/C13H24Si/c1-4-14(5-2,6-3)12-13-10-8-7-9-11-13/h8,10,12H,4-7,9,11H2,1-3H3/b13-12+. The Morgan fingerprint density at radius 1 is 1.21 bits per heavy atom. The van der Waals surface area contributed by atoms with Crippen LogP contribution in [0.25, 0.3) is 0 Å². The molecule has 1 aliphatic carbocycles. The highest BCUT2D eigenvalue weighted by Crippen LogP contribution is 2.26. The Labute approximate surface area is 90.1 Å². The van der Waals surface area contributed by atoms with Crippen molar-refractivity contribution >= 4 is 8.07 Å². The van der Waals surface area contributed by atoms with E-state index in [0.717, 1.165) is 0 Å². The van der Waals surface area contributed by atoms with E-state index < -0.39 is 8.07 Å². The van der Waals surface area contributed by atoms with Crippen molar-refractivity contribution in [2.24, 2.45) is 0 Å². The fourth-order valence-corrected chi connectivity index (χ4v) is 5.45. The van der Waals surface area contributed by atoms with Crippen LogP contribution in [-0.2, 0) is 0 Å². The van der Waals surface area contributed by atoms with Crippen LogP contribution in [0.15, 0.2) is 23.4 Å². The van der Waals surface area contributed by atoms with E-state index in [1.54, 1.807) is 5.57 Å². The maximum atomic E-state index is 2.68. The van der Waals surface area contributed by atoms with Gasteiger partial charge in [0.05, 0.1) is 8.07 Å². The Morgan fingerprint density at radius 3 is 2.29 bits per heavy atom. The Morgan fingerprint density at radius 2 is 1.86 bits per heavy atom. The molecule has 0 atom stereocenters. The van der Waals surface area contributed by atoms with Gasteiger partial charge in [0.15, 0.2) is 0 Å². The lowest BCUT2D eigenvalue weighted by Crippen LogP contribution is -2.29. The van der Waals surface area contributed by atoms with Crippen LogP contribution in [-0.4, -0.2) is 8.07 Å². The number of rotatable bonds is 4. The largest absolute Gasteiger partial charge is 0.0911 e. The summed E-state index contributed by atoms with van der Waals surface area (Å²) in [5, 5.41) is 0. The molecule has 0 spiro atoms. The van der Waals surface area contributed by atoms with E-state index in [1.807, 2.05) is 0 Å². The van der Waals surface area contributed by atoms with Crippen molar-refractivity contribution in [3.8, 4) is 0 Å². The summed E-state index contributed by atoms with van der Waals surface area (Å²) in [5.74, 6) is 0. The fourth-order valence-electron chi connectivity index (χ4n) is 2.31. The molecular weight excluding hydrogens is 184 g/mol. The van der Waals surface area contributed by atoms with Crippen LogP contribution >= 0.6 is 0 Å². The first kappa shape index (κ1) is 11.8. The average molecular weight is 208 g/mol. The summed E-state index contributed by atoms with van der Waals surface area (Å²) in [6.07, 6.45) is 8.69. The van der Waals surface area contributed by atoms with E-state index in [0.29, 0.717) is 0 Å². The minimum Gasteiger partial charge on any atom is -0.0911 e. The molecule has 0 aromatic rings. The molecule has 0 aromatic carbocycles. The zero-order valence-electron chi connectivity index (χ0n) is 9.97. The molecule has 0 heterocycles. The lowest BCUT2D eigenvalue weighted by atomic mass is 10.0. The lowest BCUT2D eigenvalue weighted by molar-refractivity contribution is 0.821. The number of allylic oxidation sites excluding steroid dienone is 3. The third kappa shape index (κ3) is 2.84. The summed E-state index contributed by atoms with van der Waals surface area (Å²) in [6.45, 7) is 7.13. The maximum absolute atomic E-state index is 2.68. The maximum Gasteiger partial charge on any atom is 0.0773 e. The molecule has 1 aliphatic rings. The molecule has 80 valence electrons. The first-order valence-electron chi connectivity index (χ1n) is 6.14. The second kappa shape index (κ2) is 5.55. The Bertz CT molecular complexity index is 213. The smallest absolute Gasteiger partial charge is 0.0773 e. The van der Waals surface area contributed by atoms with Gasteiger partial charge in [-0.05, 0) is 19.3 Å². The minimum absolute atomic E-state index is 1.02. The Balaban J connectivity index is 2.79. The molecule has 0 aromatic heterocycles. The highest BCUT2D eigenvalue weighted by molar-refractivity contribution is 6.84. The molecule has 0 amide bonds. The molecule has 14 heavy (non-hydrogen) atoms. The van der Waals surface area contributed by atoms with E-state index in [-0.39, 0.29) is 0 Å². The first-order chi connectivity index (χ1) is 6.76. The van der Waals surface area contributed by atoms with E-state index in [9.17, 15) is 0 Å². The van der Waals surface area contributed by atoms with Crippen LogP contribution in [0.1, 0.15) is 40.0 Å². The molecule has 0 bridgehead atoms. The van der Waals surface area contributed by atoms with Crippen molar-refractivity contribution in [3.63, 3.8) is 0 Å². The second-order valence-electron chi connectivity index (χ2n) is 4.44. The van der Waals surface area contributed by atoms with Crippen molar-refractivity contribution in [2.45, 2.75) is 58.2 Å². The van der Waals surface area contributed by atoms with Gasteiger partial charge in [-0.15, -0.1) is 0 Å². The summed E-state index contributed by atoms with van der Waals surface area (Å²) in [5.41, 5.74) is 4.32. The topological polar surface area (TPSA) is 0 Å². The van der Waals surface area contributed by atoms with E-state index >= 15 is 0 Å². The average Bonchev–Trinajstić information content (AvgIpc) is 2.28. The van der Waals surface area contributed by atoms with Gasteiger partial charge in [0.25, 0.3) is 0 Å². The first-order valence-corrected chi connectivity index (χ1v) is 8.84. The zero-order chi connectivity index (χ0) is 10.4. The van der Waals surface area contributed by atoms with Gasteiger partial charge in [-0.25, -0.2) is 0 Å². The summed E-state index contributed by atoms with van der Waals surface area (Å²) in [4.78, 5) is 0. The Hall–Kier alpha value is -0.303. The van der Waals surface area contributed by atoms with E-state index in [2.05, 4.69) is 38.6 Å². The third-order valence-electron chi connectivity index (χ3n) is 3.77. The van der Waals surface area contributed by atoms with Crippen molar-refractivity contribution < 1.29 is 0 Å². The minimum atomic E-state index is -1.02. The Kier molecular flexibility index (Phi) is 4.66. The quantitative estimate of drug-likeness (QED) is 0.587. The molecule has 0 saturated carbocycles. The van der Waals surface area contributed by atoms with Crippen LogP contribution < -0.4 is 0 Å². The van der Waals surface area contributed by atoms with Crippen molar-refractivity contribution in [2.75, 3.05) is 0 Å². The van der Waals surface area contributed by atoms with Crippen molar-refractivity contribution in [1.29, 1.82) is 0 Å². The molecule has 0 radical (unpaired) electrons. The van der Waals surface area contributed by atoms with Gasteiger partial charge in [0.1, 0.15) is 0 Å². The molecule has 0 unspecified atom stereocenters. The van der Waals surface area contributed by atoms with Crippen LogP contribution in [0.3, 0.4) is 0 Å². The molecule has 0 saturated heterocycles. The molecule has 1 heteroatoms. The highest BCUT2D eigenvalue weighted by Gasteiger charge is 2.24. The lowest BCUT2D eigenvalue weighted by Gasteiger charge is -2.25. The van der Waals surface area contributed by atoms with Gasteiger partial charge >= 0.3 is 0 Å². The van der Waals surface area contributed by atoms with Gasteiger partial charge in [-0.2, -0.15) is 0 Å². The monoisotopic (exact) mass is 208 g/mol. The molecule has 0 fully saturated rings. The van der Waals surface area contributed by atoms with Gasteiger partial charge in [-0.3, -0.25) is 0 Å². The normalized spacial score (nSPS) is 20.4. The van der Waals surface area contributed by atoms with Crippen LogP contribution in [0, 0.1) is 0 Å². The van der Waals surface area contributed by atoms with E-state index in [1.165, 1.54) is 37.4 Å². The summed E-state index contributed by atoms with van der Waals surface area (Å²) in [6, 6.07) is 4.24. The van der Waals surface area contributed by atoms with Crippen molar-refractivity contribution in [3.05, 3.63) is 23.4 Å². The summed E-state index contributed by atoms with van der Waals surface area (Å²) < 4.78 is 0. The summed E-state index contributed by atoms with van der Waals surface area (Å²) >= 11 is 0. The van der Waals surface area contributed by atoms with Gasteiger partial charge < -0.3 is 0 Å². The molecule has 0 nitrogen and oxygen atoms in total. The second-order valence-corrected chi connectivity index (χ2v) is 9.57. The molecular formula is C13H24Si. The zero-order valence-corrected chi connectivity index (χ0v) is 11.0. The van der Waals surface area contributed by atoms with Crippen LogP contribution in [0.2, 0.25) is 18.1 Å². The number of hydrogen-bond acceptors (Lipinski definition) is 0. The highest BCUT2D eigenvalue weighted by atomic mass is 28.3.